The Labute approximate surface area is 111 Å². The smallest absolute Gasteiger partial charge is 0.232 e. The Hall–Kier alpha value is -1.88. The van der Waals surface area contributed by atoms with Crippen LogP contribution in [0, 0.1) is 0 Å². The van der Waals surface area contributed by atoms with Gasteiger partial charge >= 0.3 is 0 Å². The van der Waals surface area contributed by atoms with Crippen molar-refractivity contribution in [3.05, 3.63) is 30.2 Å². The highest BCUT2D eigenvalue weighted by Gasteiger charge is 2.32. The van der Waals surface area contributed by atoms with E-state index < -0.39 is 0 Å². The van der Waals surface area contributed by atoms with Crippen LogP contribution in [0.3, 0.4) is 0 Å². The number of aromatic nitrogens is 2. The summed E-state index contributed by atoms with van der Waals surface area (Å²) in [5.41, 5.74) is 7.30. The molecule has 2 heterocycles. The minimum Gasteiger partial charge on any atom is -0.399 e. The van der Waals surface area contributed by atoms with Gasteiger partial charge in [0.15, 0.2) is 0 Å². The summed E-state index contributed by atoms with van der Waals surface area (Å²) in [4.78, 5) is 4.49. The fourth-order valence-corrected chi connectivity index (χ4v) is 2.47. The molecule has 1 aliphatic rings. The normalized spacial score (nSPS) is 22.8. The molecule has 2 N–H and O–H groups in total. The van der Waals surface area contributed by atoms with Crippen molar-refractivity contribution in [3.63, 3.8) is 0 Å². The molecule has 0 radical (unpaired) electrons. The molecular weight excluding hydrogens is 242 g/mol. The van der Waals surface area contributed by atoms with Crippen LogP contribution in [-0.2, 0) is 4.74 Å². The van der Waals surface area contributed by atoms with Gasteiger partial charge in [-0.15, -0.1) is 0 Å². The van der Waals surface area contributed by atoms with E-state index in [1.54, 1.807) is 0 Å². The van der Waals surface area contributed by atoms with E-state index in [1.807, 2.05) is 24.3 Å². The molecule has 100 valence electrons. The number of anilines is 1. The van der Waals surface area contributed by atoms with Crippen LogP contribution in [0.2, 0.25) is 0 Å². The SMILES string of the molecule is CCC1OCCC1c1nc(-c2ccc(N)cc2)no1. The molecule has 0 bridgehead atoms. The summed E-state index contributed by atoms with van der Waals surface area (Å²) in [7, 11) is 0. The van der Waals surface area contributed by atoms with Gasteiger partial charge in [0.2, 0.25) is 11.7 Å². The predicted octanol–water partition coefficient (Wildman–Crippen LogP) is 2.60. The Bertz CT molecular complexity index is 550. The lowest BCUT2D eigenvalue weighted by molar-refractivity contribution is 0.0953. The molecule has 0 spiro atoms. The van der Waals surface area contributed by atoms with Gasteiger partial charge in [-0.05, 0) is 37.1 Å². The quantitative estimate of drug-likeness (QED) is 0.857. The number of hydrogen-bond donors (Lipinski definition) is 1. The Kier molecular flexibility index (Phi) is 3.21. The molecule has 1 aromatic heterocycles. The molecule has 0 aliphatic carbocycles. The molecule has 5 nitrogen and oxygen atoms in total. The zero-order valence-electron chi connectivity index (χ0n) is 10.9. The molecule has 2 aromatic rings. The standard InChI is InChI=1S/C14H17N3O2/c1-2-12-11(7-8-18-12)14-16-13(17-19-14)9-3-5-10(15)6-4-9/h3-6,11-12H,2,7-8,15H2,1H3. The number of nitrogen functional groups attached to an aromatic ring is 1. The van der Waals surface area contributed by atoms with Gasteiger partial charge in [-0.3, -0.25) is 0 Å². The Morgan fingerprint density at radius 3 is 2.84 bits per heavy atom. The topological polar surface area (TPSA) is 74.2 Å². The predicted molar refractivity (Wildman–Crippen MR) is 71.5 cm³/mol. The van der Waals surface area contributed by atoms with E-state index in [9.17, 15) is 0 Å². The lowest BCUT2D eigenvalue weighted by Crippen LogP contribution is -2.13. The maximum Gasteiger partial charge on any atom is 0.232 e. The van der Waals surface area contributed by atoms with Gasteiger partial charge in [0, 0.05) is 17.9 Å². The molecule has 1 aliphatic heterocycles. The zero-order valence-corrected chi connectivity index (χ0v) is 10.9. The number of rotatable bonds is 3. The highest BCUT2D eigenvalue weighted by atomic mass is 16.5. The Morgan fingerprint density at radius 1 is 1.32 bits per heavy atom. The molecule has 1 saturated heterocycles. The summed E-state index contributed by atoms with van der Waals surface area (Å²) in [6.45, 7) is 2.88. The van der Waals surface area contributed by atoms with Crippen molar-refractivity contribution in [2.75, 3.05) is 12.3 Å². The average molecular weight is 259 g/mol. The van der Waals surface area contributed by atoms with Crippen LogP contribution in [-0.4, -0.2) is 22.9 Å². The van der Waals surface area contributed by atoms with Gasteiger partial charge in [-0.1, -0.05) is 12.1 Å². The molecule has 0 saturated carbocycles. The fourth-order valence-electron chi connectivity index (χ4n) is 2.47. The number of nitrogens with two attached hydrogens (primary N) is 1. The number of ether oxygens (including phenoxy) is 1. The third-order valence-electron chi connectivity index (χ3n) is 3.54. The minimum atomic E-state index is 0.194. The average Bonchev–Trinajstić information content (AvgIpc) is 3.07. The van der Waals surface area contributed by atoms with Crippen LogP contribution < -0.4 is 5.73 Å². The van der Waals surface area contributed by atoms with E-state index in [4.69, 9.17) is 15.0 Å². The lowest BCUT2D eigenvalue weighted by Gasteiger charge is -2.11. The van der Waals surface area contributed by atoms with Gasteiger partial charge < -0.3 is 15.0 Å². The molecule has 1 fully saturated rings. The molecule has 3 rings (SSSR count). The van der Waals surface area contributed by atoms with Crippen molar-refractivity contribution in [1.82, 2.24) is 10.1 Å². The fraction of sp³-hybridized carbons (Fsp3) is 0.429. The van der Waals surface area contributed by atoms with Crippen molar-refractivity contribution >= 4 is 5.69 Å². The minimum absolute atomic E-state index is 0.194. The van der Waals surface area contributed by atoms with Crippen LogP contribution in [0.25, 0.3) is 11.4 Å². The van der Waals surface area contributed by atoms with Crippen LogP contribution >= 0.6 is 0 Å². The first-order chi connectivity index (χ1) is 9.28. The number of benzene rings is 1. The summed E-state index contributed by atoms with van der Waals surface area (Å²) in [6, 6.07) is 7.45. The van der Waals surface area contributed by atoms with Crippen molar-refractivity contribution in [2.24, 2.45) is 0 Å². The van der Waals surface area contributed by atoms with Crippen molar-refractivity contribution in [3.8, 4) is 11.4 Å². The number of hydrogen-bond acceptors (Lipinski definition) is 5. The summed E-state index contributed by atoms with van der Waals surface area (Å²) in [5.74, 6) is 1.51. The van der Waals surface area contributed by atoms with Gasteiger partial charge in [0.05, 0.1) is 12.0 Å². The first-order valence-electron chi connectivity index (χ1n) is 6.59. The van der Waals surface area contributed by atoms with Crippen LogP contribution in [0.15, 0.2) is 28.8 Å². The van der Waals surface area contributed by atoms with E-state index in [0.29, 0.717) is 11.7 Å². The molecule has 0 amide bonds. The lowest BCUT2D eigenvalue weighted by atomic mass is 10.00. The highest BCUT2D eigenvalue weighted by Crippen LogP contribution is 2.32. The van der Waals surface area contributed by atoms with Crippen LogP contribution in [0.4, 0.5) is 5.69 Å². The van der Waals surface area contributed by atoms with E-state index in [-0.39, 0.29) is 12.0 Å². The zero-order chi connectivity index (χ0) is 13.2. The maximum atomic E-state index is 5.66. The van der Waals surface area contributed by atoms with E-state index in [0.717, 1.165) is 30.7 Å². The second kappa shape index (κ2) is 5.01. The van der Waals surface area contributed by atoms with Gasteiger partial charge in [-0.25, -0.2) is 0 Å². The second-order valence-electron chi connectivity index (χ2n) is 4.79. The summed E-state index contributed by atoms with van der Waals surface area (Å²) in [6.07, 6.45) is 2.10. The second-order valence-corrected chi connectivity index (χ2v) is 4.79. The highest BCUT2D eigenvalue weighted by molar-refractivity contribution is 5.58. The summed E-state index contributed by atoms with van der Waals surface area (Å²) < 4.78 is 11.0. The molecule has 19 heavy (non-hydrogen) atoms. The Morgan fingerprint density at radius 2 is 2.11 bits per heavy atom. The molecular formula is C14H17N3O2. The monoisotopic (exact) mass is 259 g/mol. The maximum absolute atomic E-state index is 5.66. The third kappa shape index (κ3) is 2.33. The first kappa shape index (κ1) is 12.2. The largest absolute Gasteiger partial charge is 0.399 e. The van der Waals surface area contributed by atoms with Crippen molar-refractivity contribution in [1.29, 1.82) is 0 Å². The Balaban J connectivity index is 1.85. The third-order valence-corrected chi connectivity index (χ3v) is 3.54. The van der Waals surface area contributed by atoms with Crippen LogP contribution in [0.5, 0.6) is 0 Å². The molecule has 5 heteroatoms. The molecule has 2 unspecified atom stereocenters. The van der Waals surface area contributed by atoms with E-state index in [2.05, 4.69) is 17.1 Å². The van der Waals surface area contributed by atoms with Gasteiger partial charge in [0.25, 0.3) is 0 Å². The summed E-state index contributed by atoms with van der Waals surface area (Å²) in [5, 5.41) is 4.05. The van der Waals surface area contributed by atoms with Gasteiger partial charge in [0.1, 0.15) is 0 Å². The van der Waals surface area contributed by atoms with E-state index in [1.165, 1.54) is 0 Å². The summed E-state index contributed by atoms with van der Waals surface area (Å²) >= 11 is 0. The van der Waals surface area contributed by atoms with Gasteiger partial charge in [-0.2, -0.15) is 4.98 Å². The van der Waals surface area contributed by atoms with Crippen LogP contribution in [0.1, 0.15) is 31.6 Å². The molecule has 2 atom stereocenters. The molecule has 1 aromatic carbocycles. The van der Waals surface area contributed by atoms with Crippen molar-refractivity contribution in [2.45, 2.75) is 31.8 Å². The van der Waals surface area contributed by atoms with Crippen molar-refractivity contribution < 1.29 is 9.26 Å². The van der Waals surface area contributed by atoms with E-state index >= 15 is 0 Å². The first-order valence-corrected chi connectivity index (χ1v) is 6.59. The number of nitrogens with zero attached hydrogens (tertiary/aromatic N) is 2.